The van der Waals surface area contributed by atoms with Crippen molar-refractivity contribution in [1.82, 2.24) is 14.3 Å². The molecule has 0 fully saturated rings. The molecule has 0 saturated carbocycles. The highest BCUT2D eigenvalue weighted by molar-refractivity contribution is 7.90. The molecule has 0 radical (unpaired) electrons. The number of hydrogen-bond acceptors (Lipinski definition) is 5. The van der Waals surface area contributed by atoms with Gasteiger partial charge in [0.05, 0.1) is 12.0 Å². The third-order valence-electron chi connectivity index (χ3n) is 4.27. The molecule has 11 heteroatoms. The molecule has 0 aliphatic heterocycles. The van der Waals surface area contributed by atoms with Crippen molar-refractivity contribution in [1.29, 1.82) is 0 Å². The first-order valence-electron chi connectivity index (χ1n) is 8.62. The Morgan fingerprint density at radius 1 is 1.33 bits per heavy atom. The van der Waals surface area contributed by atoms with Crippen LogP contribution in [0.15, 0.2) is 53.7 Å². The summed E-state index contributed by atoms with van der Waals surface area (Å²) in [6.45, 7) is -0.102. The number of rotatable bonds is 7. The third-order valence-corrected chi connectivity index (χ3v) is 6.22. The number of amides is 1. The molecule has 0 unspecified atom stereocenters. The molecule has 2 aromatic heterocycles. The second-order valence-electron chi connectivity index (χ2n) is 6.12. The summed E-state index contributed by atoms with van der Waals surface area (Å²) < 4.78 is 47.8. The number of hydrogen-bond donors (Lipinski definition) is 2. The number of benzene rings is 1. The van der Waals surface area contributed by atoms with Crippen molar-refractivity contribution in [2.45, 2.75) is 11.3 Å². The molecular formula is C19H17ClFN3O5S. The Bertz CT molecular complexity index is 1200. The first-order chi connectivity index (χ1) is 14.3. The number of ether oxygens (including phenoxy) is 1. The van der Waals surface area contributed by atoms with Crippen molar-refractivity contribution >= 4 is 27.7 Å². The number of nitrogens with zero attached hydrogens (tertiary/aromatic N) is 2. The van der Waals surface area contributed by atoms with E-state index in [9.17, 15) is 13.2 Å². The summed E-state index contributed by atoms with van der Waals surface area (Å²) in [6, 6.07) is 8.70. The molecule has 0 saturated heterocycles. The highest BCUT2D eigenvalue weighted by Gasteiger charge is 2.28. The van der Waals surface area contributed by atoms with Crippen LogP contribution in [0.5, 0.6) is 5.75 Å². The summed E-state index contributed by atoms with van der Waals surface area (Å²) in [5, 5.41) is 10.8. The predicted molar refractivity (Wildman–Crippen MR) is 108 cm³/mol. The first kappa shape index (κ1) is 21.6. The summed E-state index contributed by atoms with van der Waals surface area (Å²) in [7, 11) is -2.84. The van der Waals surface area contributed by atoms with Gasteiger partial charge in [-0.05, 0) is 30.7 Å². The monoisotopic (exact) mass is 453 g/mol. The van der Waals surface area contributed by atoms with Gasteiger partial charge < -0.3 is 15.2 Å². The maximum absolute atomic E-state index is 15.3. The van der Waals surface area contributed by atoms with Gasteiger partial charge in [-0.2, -0.15) is 0 Å². The molecule has 2 heterocycles. The van der Waals surface area contributed by atoms with Crippen LogP contribution in [0.2, 0.25) is 5.15 Å². The van der Waals surface area contributed by atoms with Gasteiger partial charge in [0, 0.05) is 36.1 Å². The highest BCUT2D eigenvalue weighted by atomic mass is 35.5. The van der Waals surface area contributed by atoms with E-state index in [0.717, 1.165) is 10.2 Å². The van der Waals surface area contributed by atoms with E-state index in [4.69, 9.17) is 21.4 Å². The molecule has 0 atom stereocenters. The van der Waals surface area contributed by atoms with Crippen molar-refractivity contribution in [3.63, 3.8) is 0 Å². The van der Waals surface area contributed by atoms with Crippen molar-refractivity contribution in [2.24, 2.45) is 0 Å². The van der Waals surface area contributed by atoms with Crippen molar-refractivity contribution in [3.05, 3.63) is 65.3 Å². The molecule has 3 rings (SSSR count). The van der Waals surface area contributed by atoms with Crippen LogP contribution >= 0.6 is 11.6 Å². The van der Waals surface area contributed by atoms with Gasteiger partial charge in [-0.1, -0.05) is 17.7 Å². The minimum atomic E-state index is -4.24. The lowest BCUT2D eigenvalue weighted by molar-refractivity contribution is 0.194. The Labute approximate surface area is 176 Å². The molecule has 8 nitrogen and oxygen atoms in total. The first-order valence-corrected chi connectivity index (χ1v) is 10.4. The smallest absolute Gasteiger partial charge is 0.404 e. The number of nitrogens with one attached hydrogen (secondary N) is 1. The summed E-state index contributed by atoms with van der Waals surface area (Å²) in [5.74, 6) is -0.515. The van der Waals surface area contributed by atoms with Crippen LogP contribution in [0.25, 0.3) is 11.3 Å². The van der Waals surface area contributed by atoms with E-state index in [1.54, 1.807) is 6.07 Å². The van der Waals surface area contributed by atoms with E-state index >= 15 is 4.39 Å². The van der Waals surface area contributed by atoms with Crippen molar-refractivity contribution in [2.75, 3.05) is 13.7 Å². The van der Waals surface area contributed by atoms with Gasteiger partial charge >= 0.3 is 6.09 Å². The molecule has 0 bridgehead atoms. The summed E-state index contributed by atoms with van der Waals surface area (Å²) in [5.41, 5.74) is -0.202. The van der Waals surface area contributed by atoms with E-state index in [2.05, 4.69) is 10.3 Å². The number of methoxy groups -OCH3 is 1. The van der Waals surface area contributed by atoms with Crippen LogP contribution in [0, 0.1) is 5.82 Å². The molecule has 3 aromatic rings. The lowest BCUT2D eigenvalue weighted by Gasteiger charge is -2.12. The number of pyridine rings is 1. The average molecular weight is 454 g/mol. The molecule has 0 spiro atoms. The van der Waals surface area contributed by atoms with E-state index in [1.807, 2.05) is 0 Å². The Morgan fingerprint density at radius 3 is 2.77 bits per heavy atom. The number of halogens is 2. The van der Waals surface area contributed by atoms with Gasteiger partial charge in [-0.3, -0.25) is 0 Å². The Balaban J connectivity index is 2.19. The van der Waals surface area contributed by atoms with Crippen molar-refractivity contribution < 1.29 is 27.4 Å². The van der Waals surface area contributed by atoms with Gasteiger partial charge in [0.25, 0.3) is 10.0 Å². The molecule has 0 aliphatic carbocycles. The molecule has 158 valence electrons. The second-order valence-corrected chi connectivity index (χ2v) is 8.29. The van der Waals surface area contributed by atoms with Crippen LogP contribution in [0.3, 0.4) is 0 Å². The number of aromatic nitrogens is 2. The highest BCUT2D eigenvalue weighted by Crippen LogP contribution is 2.34. The predicted octanol–water partition coefficient (Wildman–Crippen LogP) is 3.40. The van der Waals surface area contributed by atoms with E-state index in [-0.39, 0.29) is 39.8 Å². The van der Waals surface area contributed by atoms with Crippen LogP contribution in [-0.4, -0.2) is 42.2 Å². The van der Waals surface area contributed by atoms with Gasteiger partial charge in [0.15, 0.2) is 5.82 Å². The fourth-order valence-electron chi connectivity index (χ4n) is 2.85. The Morgan fingerprint density at radius 2 is 2.10 bits per heavy atom. The third kappa shape index (κ3) is 4.24. The van der Waals surface area contributed by atoms with Crippen LogP contribution in [-0.2, 0) is 16.4 Å². The lowest BCUT2D eigenvalue weighted by Crippen LogP contribution is -2.23. The fourth-order valence-corrected chi connectivity index (χ4v) is 4.49. The van der Waals surface area contributed by atoms with Crippen LogP contribution < -0.4 is 10.1 Å². The van der Waals surface area contributed by atoms with Gasteiger partial charge in [0.1, 0.15) is 16.6 Å². The normalized spacial score (nSPS) is 11.3. The lowest BCUT2D eigenvalue weighted by atomic mass is 10.1. The quantitative estimate of drug-likeness (QED) is 0.530. The standard InChI is InChI=1S/C19H17ClFN3O5S/c1-29-13-4-2-5-14(10-13)30(27,28)24-11-12(7-9-23-19(25)26)16(21)17(24)15-6-3-8-22-18(15)20/h2-6,8,10-11,23H,7,9H2,1H3,(H,25,26). The second kappa shape index (κ2) is 8.72. The zero-order valence-corrected chi connectivity index (χ0v) is 17.2. The number of carboxylic acid groups (broad SMARTS) is 1. The molecule has 1 aromatic carbocycles. The molecule has 0 aliphatic rings. The SMILES string of the molecule is COc1cccc(S(=O)(=O)n2cc(CCNC(=O)O)c(F)c2-c2cccnc2Cl)c1. The summed E-state index contributed by atoms with van der Waals surface area (Å²) in [4.78, 5) is 14.5. The topological polar surface area (TPSA) is 111 Å². The summed E-state index contributed by atoms with van der Waals surface area (Å²) in [6.07, 6.45) is 1.18. The maximum Gasteiger partial charge on any atom is 0.404 e. The largest absolute Gasteiger partial charge is 0.497 e. The van der Waals surface area contributed by atoms with E-state index < -0.39 is 21.9 Å². The zero-order chi connectivity index (χ0) is 21.9. The van der Waals surface area contributed by atoms with Gasteiger partial charge in [0.2, 0.25) is 0 Å². The van der Waals surface area contributed by atoms with E-state index in [0.29, 0.717) is 5.75 Å². The van der Waals surface area contributed by atoms with E-state index in [1.165, 1.54) is 43.6 Å². The zero-order valence-electron chi connectivity index (χ0n) is 15.7. The minimum Gasteiger partial charge on any atom is -0.497 e. The Hall–Kier alpha value is -3.11. The van der Waals surface area contributed by atoms with Gasteiger partial charge in [-0.15, -0.1) is 0 Å². The fraction of sp³-hybridized carbons (Fsp3) is 0.158. The van der Waals surface area contributed by atoms with Crippen molar-refractivity contribution in [3.8, 4) is 17.0 Å². The molecule has 2 N–H and O–H groups in total. The van der Waals surface area contributed by atoms with Crippen LogP contribution in [0.4, 0.5) is 9.18 Å². The Kier molecular flexibility index (Phi) is 6.28. The molecule has 30 heavy (non-hydrogen) atoms. The average Bonchev–Trinajstić information content (AvgIpc) is 3.05. The summed E-state index contributed by atoms with van der Waals surface area (Å²) >= 11 is 6.11. The molecule has 1 amide bonds. The van der Waals surface area contributed by atoms with Crippen LogP contribution in [0.1, 0.15) is 5.56 Å². The number of carbonyl (C=O) groups is 1. The maximum atomic E-state index is 15.3. The van der Waals surface area contributed by atoms with Gasteiger partial charge in [-0.25, -0.2) is 26.6 Å². The minimum absolute atomic E-state index is 0.00476. The molecular weight excluding hydrogens is 437 g/mol.